The quantitative estimate of drug-likeness (QED) is 0.854. The van der Waals surface area contributed by atoms with Gasteiger partial charge in [0.25, 0.3) is 5.91 Å². The van der Waals surface area contributed by atoms with E-state index in [2.05, 4.69) is 11.1 Å². The minimum Gasteiger partial charge on any atom is -0.336 e. The Bertz CT molecular complexity index is 423. The molecule has 0 spiro atoms. The van der Waals surface area contributed by atoms with E-state index in [0.717, 1.165) is 5.01 Å². The average Bonchev–Trinajstić information content (AvgIpc) is 2.83. The molecule has 1 unspecified atom stereocenters. The Labute approximate surface area is 105 Å². The molecule has 0 fully saturated rings. The molecule has 0 saturated heterocycles. The zero-order chi connectivity index (χ0) is 12.8. The lowest BCUT2D eigenvalue weighted by Crippen LogP contribution is -2.34. The molecule has 92 valence electrons. The Balaban J connectivity index is 2.75. The number of nitrogens with zero attached hydrogens (tertiary/aromatic N) is 3. The van der Waals surface area contributed by atoms with Crippen LogP contribution in [0.4, 0.5) is 0 Å². The molecule has 1 heterocycles. The zero-order valence-electron chi connectivity index (χ0n) is 10.0. The number of nitrogens with two attached hydrogens (primary N) is 1. The van der Waals surface area contributed by atoms with Crippen LogP contribution in [0, 0.1) is 17.2 Å². The average molecular weight is 252 g/mol. The number of amides is 1. The Hall–Kier alpha value is -1.45. The number of carbonyl (C=O) groups is 1. The van der Waals surface area contributed by atoms with Crippen LogP contribution >= 0.6 is 11.3 Å². The fraction of sp³-hybridized carbons (Fsp3) is 0.545. The van der Waals surface area contributed by atoms with E-state index in [1.54, 1.807) is 17.2 Å². The lowest BCUT2D eigenvalue weighted by molar-refractivity contribution is 0.0747. The largest absolute Gasteiger partial charge is 0.336 e. The van der Waals surface area contributed by atoms with Crippen molar-refractivity contribution in [3.8, 4) is 6.07 Å². The highest BCUT2D eigenvalue weighted by atomic mass is 32.1. The van der Waals surface area contributed by atoms with Gasteiger partial charge in [-0.2, -0.15) is 5.26 Å². The first-order valence-electron chi connectivity index (χ1n) is 5.45. The van der Waals surface area contributed by atoms with Crippen molar-refractivity contribution in [2.75, 3.05) is 13.1 Å². The number of hydrogen-bond donors (Lipinski definition) is 1. The summed E-state index contributed by atoms with van der Waals surface area (Å²) in [6.45, 7) is 5.03. The summed E-state index contributed by atoms with van der Waals surface area (Å²) in [4.78, 5) is 17.9. The van der Waals surface area contributed by atoms with Crippen LogP contribution in [0.25, 0.3) is 0 Å². The van der Waals surface area contributed by atoms with E-state index >= 15 is 0 Å². The summed E-state index contributed by atoms with van der Waals surface area (Å²) in [6.07, 6.45) is 0. The second-order valence-electron chi connectivity index (χ2n) is 3.70. The standard InChI is InChI=1S/C11H16N4OS/c1-3-15(6-8(2)4-12)11(16)9-7-17-10(5-13)14-9/h7-8H,3,5-6,13H2,1-2H3. The van der Waals surface area contributed by atoms with Crippen LogP contribution in [0.3, 0.4) is 0 Å². The van der Waals surface area contributed by atoms with Crippen LogP contribution in [-0.4, -0.2) is 28.9 Å². The van der Waals surface area contributed by atoms with Gasteiger partial charge in [-0.15, -0.1) is 11.3 Å². The molecular weight excluding hydrogens is 236 g/mol. The van der Waals surface area contributed by atoms with Crippen molar-refractivity contribution in [1.29, 1.82) is 5.26 Å². The van der Waals surface area contributed by atoms with Gasteiger partial charge in [-0.05, 0) is 13.8 Å². The van der Waals surface area contributed by atoms with E-state index in [9.17, 15) is 4.79 Å². The maximum absolute atomic E-state index is 12.1. The van der Waals surface area contributed by atoms with Crippen LogP contribution in [0.1, 0.15) is 29.3 Å². The van der Waals surface area contributed by atoms with Crippen LogP contribution in [0.2, 0.25) is 0 Å². The van der Waals surface area contributed by atoms with Gasteiger partial charge in [-0.3, -0.25) is 4.79 Å². The summed E-state index contributed by atoms with van der Waals surface area (Å²) in [5.41, 5.74) is 5.87. The van der Waals surface area contributed by atoms with Gasteiger partial charge in [0.2, 0.25) is 0 Å². The Morgan fingerprint density at radius 1 is 1.76 bits per heavy atom. The number of carbonyl (C=O) groups excluding carboxylic acids is 1. The first-order valence-corrected chi connectivity index (χ1v) is 6.33. The van der Waals surface area contributed by atoms with Gasteiger partial charge < -0.3 is 10.6 Å². The summed E-state index contributed by atoms with van der Waals surface area (Å²) < 4.78 is 0. The van der Waals surface area contributed by atoms with Gasteiger partial charge in [0.05, 0.1) is 12.0 Å². The molecule has 1 rings (SSSR count). The second kappa shape index (κ2) is 6.33. The summed E-state index contributed by atoms with van der Waals surface area (Å²) in [7, 11) is 0. The maximum atomic E-state index is 12.1. The van der Waals surface area contributed by atoms with E-state index in [4.69, 9.17) is 11.0 Å². The van der Waals surface area contributed by atoms with Gasteiger partial charge >= 0.3 is 0 Å². The van der Waals surface area contributed by atoms with Crippen LogP contribution in [0.15, 0.2) is 5.38 Å². The molecule has 0 radical (unpaired) electrons. The smallest absolute Gasteiger partial charge is 0.273 e. The molecule has 1 atom stereocenters. The SMILES string of the molecule is CCN(CC(C)C#N)C(=O)c1csc(CN)n1. The van der Waals surface area contributed by atoms with Crippen LogP contribution < -0.4 is 5.73 Å². The van der Waals surface area contributed by atoms with Crippen molar-refractivity contribution in [3.05, 3.63) is 16.1 Å². The van der Waals surface area contributed by atoms with Crippen molar-refractivity contribution in [2.45, 2.75) is 20.4 Å². The number of thiazole rings is 1. The Kier molecular flexibility index (Phi) is 5.07. The molecule has 0 aromatic carbocycles. The Morgan fingerprint density at radius 3 is 2.94 bits per heavy atom. The molecule has 0 aliphatic carbocycles. The molecule has 0 aliphatic rings. The highest BCUT2D eigenvalue weighted by molar-refractivity contribution is 7.09. The summed E-state index contributed by atoms with van der Waals surface area (Å²) in [6, 6.07) is 2.12. The van der Waals surface area contributed by atoms with Gasteiger partial charge in [-0.25, -0.2) is 4.98 Å². The molecule has 1 amide bonds. The van der Waals surface area contributed by atoms with Gasteiger partial charge in [-0.1, -0.05) is 0 Å². The summed E-state index contributed by atoms with van der Waals surface area (Å²) in [5, 5.41) is 11.2. The van der Waals surface area contributed by atoms with Gasteiger partial charge in [0, 0.05) is 25.0 Å². The molecule has 0 aliphatic heterocycles. The molecule has 1 aromatic rings. The number of aromatic nitrogens is 1. The minimum absolute atomic E-state index is 0.134. The third-order valence-corrected chi connectivity index (χ3v) is 3.20. The lowest BCUT2D eigenvalue weighted by Gasteiger charge is -2.20. The van der Waals surface area contributed by atoms with Crippen molar-refractivity contribution in [1.82, 2.24) is 9.88 Å². The summed E-state index contributed by atoms with van der Waals surface area (Å²) >= 11 is 1.38. The number of nitriles is 1. The Morgan fingerprint density at radius 2 is 2.47 bits per heavy atom. The topological polar surface area (TPSA) is 83.0 Å². The van der Waals surface area contributed by atoms with Crippen molar-refractivity contribution >= 4 is 17.2 Å². The molecule has 17 heavy (non-hydrogen) atoms. The molecule has 6 heteroatoms. The lowest BCUT2D eigenvalue weighted by atomic mass is 10.2. The minimum atomic E-state index is -0.175. The van der Waals surface area contributed by atoms with E-state index in [-0.39, 0.29) is 11.8 Å². The molecule has 0 saturated carbocycles. The van der Waals surface area contributed by atoms with Crippen LogP contribution in [-0.2, 0) is 6.54 Å². The van der Waals surface area contributed by atoms with E-state index in [0.29, 0.717) is 25.3 Å². The van der Waals surface area contributed by atoms with Crippen molar-refractivity contribution in [3.63, 3.8) is 0 Å². The first kappa shape index (κ1) is 13.6. The predicted octanol–water partition coefficient (Wildman–Crippen LogP) is 1.22. The molecule has 2 N–H and O–H groups in total. The maximum Gasteiger partial charge on any atom is 0.273 e. The monoisotopic (exact) mass is 252 g/mol. The van der Waals surface area contributed by atoms with E-state index in [1.165, 1.54) is 11.3 Å². The molecule has 1 aromatic heterocycles. The van der Waals surface area contributed by atoms with E-state index in [1.807, 2.05) is 6.92 Å². The van der Waals surface area contributed by atoms with Crippen LogP contribution in [0.5, 0.6) is 0 Å². The number of rotatable bonds is 5. The summed E-state index contributed by atoms with van der Waals surface area (Å²) in [5.74, 6) is -0.308. The van der Waals surface area contributed by atoms with Crippen molar-refractivity contribution in [2.24, 2.45) is 11.7 Å². The number of hydrogen-bond acceptors (Lipinski definition) is 5. The van der Waals surface area contributed by atoms with E-state index < -0.39 is 0 Å². The normalized spacial score (nSPS) is 11.9. The second-order valence-corrected chi connectivity index (χ2v) is 4.65. The molecule has 5 nitrogen and oxygen atoms in total. The van der Waals surface area contributed by atoms with Gasteiger partial charge in [0.15, 0.2) is 0 Å². The highest BCUT2D eigenvalue weighted by Crippen LogP contribution is 2.12. The predicted molar refractivity (Wildman–Crippen MR) is 66.4 cm³/mol. The highest BCUT2D eigenvalue weighted by Gasteiger charge is 2.18. The molecule has 0 bridgehead atoms. The molecular formula is C11H16N4OS. The van der Waals surface area contributed by atoms with Crippen molar-refractivity contribution < 1.29 is 4.79 Å². The third kappa shape index (κ3) is 3.51. The fourth-order valence-corrected chi connectivity index (χ4v) is 2.04. The third-order valence-electron chi connectivity index (χ3n) is 2.33. The van der Waals surface area contributed by atoms with Gasteiger partial charge in [0.1, 0.15) is 10.7 Å². The zero-order valence-corrected chi connectivity index (χ0v) is 10.8. The first-order chi connectivity index (χ1) is 8.12. The fourth-order valence-electron chi connectivity index (χ4n) is 1.39.